The monoisotopic (exact) mass is 287 g/mol. The summed E-state index contributed by atoms with van der Waals surface area (Å²) >= 11 is 0. The molecule has 1 heterocycles. The molecule has 0 fully saturated rings. The van der Waals surface area contributed by atoms with E-state index in [1.54, 1.807) is 0 Å². The van der Waals surface area contributed by atoms with Gasteiger partial charge < -0.3 is 9.84 Å². The van der Waals surface area contributed by atoms with Crippen molar-refractivity contribution in [2.24, 2.45) is 0 Å². The minimum Gasteiger partial charge on any atom is -0.486 e. The highest BCUT2D eigenvalue weighted by atomic mass is 32.2. The average Bonchev–Trinajstić information content (AvgIpc) is 2.72. The SMILES string of the molecule is CS(=O)(=O)c1c(C(=O)O)cc([N+](=O)[O-])c2c1CCO2. The maximum absolute atomic E-state index is 11.7. The van der Waals surface area contributed by atoms with Crippen LogP contribution in [0.15, 0.2) is 11.0 Å². The number of carboxylic acids is 1. The van der Waals surface area contributed by atoms with Crippen LogP contribution in [0.1, 0.15) is 15.9 Å². The van der Waals surface area contributed by atoms with Gasteiger partial charge >= 0.3 is 11.7 Å². The number of hydrogen-bond donors (Lipinski definition) is 1. The van der Waals surface area contributed by atoms with Crippen molar-refractivity contribution < 1.29 is 28.0 Å². The molecule has 1 aliphatic rings. The Morgan fingerprint density at radius 2 is 2.16 bits per heavy atom. The highest BCUT2D eigenvalue weighted by molar-refractivity contribution is 7.90. The number of aromatic carboxylic acids is 1. The molecule has 0 bridgehead atoms. The van der Waals surface area contributed by atoms with Crippen molar-refractivity contribution in [2.75, 3.05) is 12.9 Å². The zero-order chi connectivity index (χ0) is 14.4. The summed E-state index contributed by atoms with van der Waals surface area (Å²) < 4.78 is 28.5. The molecule has 8 nitrogen and oxygen atoms in total. The fraction of sp³-hybridized carbons (Fsp3) is 0.300. The van der Waals surface area contributed by atoms with Crippen molar-refractivity contribution >= 4 is 21.5 Å². The summed E-state index contributed by atoms with van der Waals surface area (Å²) in [5.41, 5.74) is -1.06. The largest absolute Gasteiger partial charge is 0.486 e. The van der Waals surface area contributed by atoms with Crippen LogP contribution in [-0.2, 0) is 16.3 Å². The molecule has 0 spiro atoms. The quantitative estimate of drug-likeness (QED) is 0.638. The third-order valence-electron chi connectivity index (χ3n) is 2.70. The highest BCUT2D eigenvalue weighted by Gasteiger charge is 2.35. The van der Waals surface area contributed by atoms with E-state index >= 15 is 0 Å². The lowest BCUT2D eigenvalue weighted by Crippen LogP contribution is -2.11. The first-order chi connectivity index (χ1) is 8.73. The number of fused-ring (bicyclic) bond motifs is 1. The molecule has 1 N–H and O–H groups in total. The van der Waals surface area contributed by atoms with E-state index in [1.807, 2.05) is 0 Å². The van der Waals surface area contributed by atoms with E-state index in [4.69, 9.17) is 9.84 Å². The Morgan fingerprint density at radius 3 is 2.63 bits per heavy atom. The first-order valence-electron chi connectivity index (χ1n) is 5.14. The van der Waals surface area contributed by atoms with Gasteiger partial charge in [-0.2, -0.15) is 0 Å². The number of hydrogen-bond acceptors (Lipinski definition) is 6. The van der Waals surface area contributed by atoms with E-state index in [9.17, 15) is 23.3 Å². The van der Waals surface area contributed by atoms with E-state index in [2.05, 4.69) is 0 Å². The second-order valence-electron chi connectivity index (χ2n) is 4.01. The number of sulfone groups is 1. The first-order valence-corrected chi connectivity index (χ1v) is 7.03. The van der Waals surface area contributed by atoms with Crippen LogP contribution in [0, 0.1) is 10.1 Å². The molecule has 0 saturated carbocycles. The molecule has 0 amide bonds. The first kappa shape index (κ1) is 13.3. The number of carbonyl (C=O) groups is 1. The Morgan fingerprint density at radius 1 is 1.53 bits per heavy atom. The van der Waals surface area contributed by atoms with Crippen LogP contribution in [0.4, 0.5) is 5.69 Å². The van der Waals surface area contributed by atoms with Crippen LogP contribution < -0.4 is 4.74 Å². The molecule has 102 valence electrons. The molecule has 1 aromatic carbocycles. The minimum atomic E-state index is -3.83. The Labute approximate surface area is 107 Å². The summed E-state index contributed by atoms with van der Waals surface area (Å²) in [5.74, 6) is -1.69. The summed E-state index contributed by atoms with van der Waals surface area (Å²) in [4.78, 5) is 20.8. The molecule has 1 aliphatic heterocycles. The number of nitro groups is 1. The summed E-state index contributed by atoms with van der Waals surface area (Å²) in [6, 6.07) is 0.725. The van der Waals surface area contributed by atoms with Crippen molar-refractivity contribution in [2.45, 2.75) is 11.3 Å². The van der Waals surface area contributed by atoms with E-state index < -0.39 is 36.9 Å². The van der Waals surface area contributed by atoms with Crippen LogP contribution in [0.5, 0.6) is 5.75 Å². The van der Waals surface area contributed by atoms with Gasteiger partial charge in [-0.15, -0.1) is 0 Å². The van der Waals surface area contributed by atoms with Gasteiger partial charge in [-0.05, 0) is 0 Å². The van der Waals surface area contributed by atoms with Crippen molar-refractivity contribution in [1.29, 1.82) is 0 Å². The molecule has 0 aromatic heterocycles. The highest BCUT2D eigenvalue weighted by Crippen LogP contribution is 2.41. The van der Waals surface area contributed by atoms with Crippen LogP contribution in [0.3, 0.4) is 0 Å². The fourth-order valence-corrected chi connectivity index (χ4v) is 3.24. The predicted octanol–water partition coefficient (Wildman–Crippen LogP) is 0.631. The van der Waals surface area contributed by atoms with Crippen LogP contribution in [-0.4, -0.2) is 37.3 Å². The topological polar surface area (TPSA) is 124 Å². The number of benzene rings is 1. The fourth-order valence-electron chi connectivity index (χ4n) is 2.05. The zero-order valence-corrected chi connectivity index (χ0v) is 10.6. The van der Waals surface area contributed by atoms with Crippen LogP contribution >= 0.6 is 0 Å². The number of nitro benzene ring substituents is 1. The Kier molecular flexibility index (Phi) is 2.93. The van der Waals surface area contributed by atoms with E-state index in [0.717, 1.165) is 12.3 Å². The Balaban J connectivity index is 2.92. The normalized spacial score (nSPS) is 13.7. The summed E-state index contributed by atoms with van der Waals surface area (Å²) in [6.07, 6.45) is 0.985. The van der Waals surface area contributed by atoms with Gasteiger partial charge in [0.1, 0.15) is 0 Å². The van der Waals surface area contributed by atoms with E-state index in [1.165, 1.54) is 0 Å². The molecule has 2 rings (SSSR count). The number of ether oxygens (including phenoxy) is 1. The van der Waals surface area contributed by atoms with Gasteiger partial charge in [0.15, 0.2) is 9.84 Å². The summed E-state index contributed by atoms with van der Waals surface area (Å²) in [6.45, 7) is 0.0851. The molecular weight excluding hydrogens is 278 g/mol. The second kappa shape index (κ2) is 4.19. The molecule has 0 aliphatic carbocycles. The molecule has 1 aromatic rings. The molecule has 0 radical (unpaired) electrons. The number of rotatable bonds is 3. The van der Waals surface area contributed by atoms with Crippen molar-refractivity contribution in [3.8, 4) is 5.75 Å². The second-order valence-corrected chi connectivity index (χ2v) is 5.97. The lowest BCUT2D eigenvalue weighted by Gasteiger charge is -2.09. The number of carboxylic acid groups (broad SMARTS) is 1. The van der Waals surface area contributed by atoms with Crippen molar-refractivity contribution in [1.82, 2.24) is 0 Å². The third-order valence-corrected chi connectivity index (χ3v) is 3.91. The lowest BCUT2D eigenvalue weighted by molar-refractivity contribution is -0.385. The molecule has 9 heteroatoms. The standard InChI is InChI=1S/C10H9NO7S/c1-19(16,17)9-5-2-3-18-8(5)7(11(14)15)4-6(9)10(12)13/h4H,2-3H2,1H3,(H,12,13). The predicted molar refractivity (Wildman–Crippen MR) is 62.4 cm³/mol. The van der Waals surface area contributed by atoms with Crippen LogP contribution in [0.2, 0.25) is 0 Å². The van der Waals surface area contributed by atoms with Gasteiger partial charge in [0.2, 0.25) is 5.75 Å². The molecular formula is C10H9NO7S. The lowest BCUT2D eigenvalue weighted by atomic mass is 10.1. The third kappa shape index (κ3) is 2.12. The van der Waals surface area contributed by atoms with Crippen molar-refractivity contribution in [3.63, 3.8) is 0 Å². The van der Waals surface area contributed by atoms with Gasteiger partial charge in [-0.3, -0.25) is 10.1 Å². The number of nitrogens with zero attached hydrogens (tertiary/aromatic N) is 1. The Hall–Kier alpha value is -2.16. The summed E-state index contributed by atoms with van der Waals surface area (Å²) in [5, 5.41) is 19.9. The van der Waals surface area contributed by atoms with E-state index in [0.29, 0.717) is 0 Å². The Bertz CT molecular complexity index is 692. The maximum Gasteiger partial charge on any atom is 0.337 e. The molecule has 19 heavy (non-hydrogen) atoms. The molecule has 0 unspecified atom stereocenters. The molecule has 0 saturated heterocycles. The van der Waals surface area contributed by atoms with Gasteiger partial charge in [0.05, 0.1) is 22.0 Å². The van der Waals surface area contributed by atoms with Gasteiger partial charge in [0, 0.05) is 24.3 Å². The van der Waals surface area contributed by atoms with Gasteiger partial charge in [-0.25, -0.2) is 13.2 Å². The van der Waals surface area contributed by atoms with Crippen molar-refractivity contribution in [3.05, 3.63) is 27.3 Å². The zero-order valence-electron chi connectivity index (χ0n) is 9.74. The van der Waals surface area contributed by atoms with Gasteiger partial charge in [0.25, 0.3) is 0 Å². The maximum atomic E-state index is 11.7. The summed E-state index contributed by atoms with van der Waals surface area (Å²) in [7, 11) is -3.83. The smallest absolute Gasteiger partial charge is 0.337 e. The molecule has 0 atom stereocenters. The minimum absolute atomic E-state index is 0.0640. The van der Waals surface area contributed by atoms with E-state index in [-0.39, 0.29) is 24.3 Å². The average molecular weight is 287 g/mol. The van der Waals surface area contributed by atoms with Gasteiger partial charge in [-0.1, -0.05) is 0 Å². The van der Waals surface area contributed by atoms with Crippen LogP contribution in [0.25, 0.3) is 0 Å².